The number of carbonyl (C=O) groups excluding carboxylic acids is 1. The van der Waals surface area contributed by atoms with Crippen LogP contribution in [0.3, 0.4) is 0 Å². The van der Waals surface area contributed by atoms with Crippen LogP contribution in [0.5, 0.6) is 11.5 Å². The number of amides is 1. The molecule has 3 aromatic rings. The molecule has 0 saturated heterocycles. The molecule has 1 amide bonds. The molecule has 0 aliphatic carbocycles. The lowest BCUT2D eigenvalue weighted by molar-refractivity contribution is 0.0950. The minimum absolute atomic E-state index is 0.271. The highest BCUT2D eigenvalue weighted by molar-refractivity contribution is 6.33. The van der Waals surface area contributed by atoms with Crippen molar-refractivity contribution < 1.29 is 14.3 Å². The Morgan fingerprint density at radius 1 is 1.10 bits per heavy atom. The number of nitrogens with zero attached hydrogens (tertiary/aromatic N) is 2. The molecular weight excluding hydrogens is 413 g/mol. The summed E-state index contributed by atoms with van der Waals surface area (Å²) >= 11 is 12.7. The quantitative estimate of drug-likeness (QED) is 0.595. The van der Waals surface area contributed by atoms with Gasteiger partial charge in [-0.2, -0.15) is 5.10 Å². The van der Waals surface area contributed by atoms with E-state index in [9.17, 15) is 4.79 Å². The molecule has 0 radical (unpaired) electrons. The molecule has 0 aliphatic rings. The van der Waals surface area contributed by atoms with Crippen LogP contribution in [0.4, 0.5) is 0 Å². The van der Waals surface area contributed by atoms with Crippen molar-refractivity contribution in [2.24, 2.45) is 0 Å². The molecule has 0 fully saturated rings. The van der Waals surface area contributed by atoms with Gasteiger partial charge in [0, 0.05) is 11.6 Å². The van der Waals surface area contributed by atoms with Gasteiger partial charge in [0.1, 0.15) is 5.15 Å². The van der Waals surface area contributed by atoms with E-state index in [1.54, 1.807) is 38.0 Å². The van der Waals surface area contributed by atoms with Gasteiger partial charge in [0.05, 0.1) is 32.0 Å². The van der Waals surface area contributed by atoms with Gasteiger partial charge in [0.15, 0.2) is 11.5 Å². The van der Waals surface area contributed by atoms with Gasteiger partial charge in [0.2, 0.25) is 0 Å². The molecule has 0 unspecified atom stereocenters. The maximum absolute atomic E-state index is 12.7. The number of methoxy groups -OCH3 is 2. The summed E-state index contributed by atoms with van der Waals surface area (Å²) in [6.45, 7) is 2.44. The number of benzene rings is 2. The molecule has 6 nitrogen and oxygen atoms in total. The zero-order chi connectivity index (χ0) is 21.0. The standard InChI is InChI=1S/C21H21Cl2N3O3/c1-13-19(20(23)26(25-13)12-15-6-4-5-7-16(15)22)21(27)24-11-14-8-9-17(28-2)18(10-14)29-3/h4-10H,11-12H2,1-3H3,(H,24,27). The van der Waals surface area contributed by atoms with Gasteiger partial charge < -0.3 is 14.8 Å². The predicted octanol–water partition coefficient (Wildman–Crippen LogP) is 4.49. The zero-order valence-corrected chi connectivity index (χ0v) is 17.8. The minimum Gasteiger partial charge on any atom is -0.493 e. The Morgan fingerprint density at radius 3 is 2.52 bits per heavy atom. The fraction of sp³-hybridized carbons (Fsp3) is 0.238. The van der Waals surface area contributed by atoms with E-state index in [4.69, 9.17) is 32.7 Å². The molecule has 0 aliphatic heterocycles. The predicted molar refractivity (Wildman–Crippen MR) is 113 cm³/mol. The van der Waals surface area contributed by atoms with Crippen LogP contribution in [-0.2, 0) is 13.1 Å². The molecule has 1 heterocycles. The van der Waals surface area contributed by atoms with E-state index in [2.05, 4.69) is 10.4 Å². The normalized spacial score (nSPS) is 10.7. The summed E-state index contributed by atoms with van der Waals surface area (Å²) in [4.78, 5) is 12.7. The van der Waals surface area contributed by atoms with Gasteiger partial charge in [-0.05, 0) is 36.2 Å². The molecule has 29 heavy (non-hydrogen) atoms. The zero-order valence-electron chi connectivity index (χ0n) is 16.3. The van der Waals surface area contributed by atoms with Crippen molar-refractivity contribution >= 4 is 29.1 Å². The maximum atomic E-state index is 12.7. The number of hydrogen-bond donors (Lipinski definition) is 1. The Hall–Kier alpha value is -2.70. The van der Waals surface area contributed by atoms with Gasteiger partial charge in [-0.25, -0.2) is 4.68 Å². The first-order valence-electron chi connectivity index (χ1n) is 8.90. The number of halogens is 2. The van der Waals surface area contributed by atoms with Crippen LogP contribution in [0.15, 0.2) is 42.5 Å². The number of nitrogens with one attached hydrogen (secondary N) is 1. The second kappa shape index (κ2) is 9.20. The van der Waals surface area contributed by atoms with Crippen LogP contribution in [0.2, 0.25) is 10.2 Å². The Balaban J connectivity index is 1.75. The first-order chi connectivity index (χ1) is 13.9. The summed E-state index contributed by atoms with van der Waals surface area (Å²) in [5.74, 6) is 0.927. The lowest BCUT2D eigenvalue weighted by Gasteiger charge is -2.10. The first-order valence-corrected chi connectivity index (χ1v) is 9.65. The highest BCUT2D eigenvalue weighted by atomic mass is 35.5. The van der Waals surface area contributed by atoms with E-state index >= 15 is 0 Å². The number of ether oxygens (including phenoxy) is 2. The molecule has 152 valence electrons. The molecule has 3 rings (SSSR count). The third kappa shape index (κ3) is 4.66. The number of aryl methyl sites for hydroxylation is 1. The van der Waals surface area contributed by atoms with Crippen LogP contribution in [-0.4, -0.2) is 29.9 Å². The molecule has 0 bridgehead atoms. The van der Waals surface area contributed by atoms with Crippen molar-refractivity contribution in [2.45, 2.75) is 20.0 Å². The van der Waals surface area contributed by atoms with Gasteiger partial charge in [-0.1, -0.05) is 47.5 Å². The van der Waals surface area contributed by atoms with E-state index < -0.39 is 0 Å². The first kappa shape index (κ1) is 21.0. The summed E-state index contributed by atoms with van der Waals surface area (Å²) in [5.41, 5.74) is 2.63. The van der Waals surface area contributed by atoms with E-state index in [1.807, 2.05) is 30.3 Å². The van der Waals surface area contributed by atoms with Gasteiger partial charge in [0.25, 0.3) is 5.91 Å². The van der Waals surface area contributed by atoms with Crippen molar-refractivity contribution in [1.82, 2.24) is 15.1 Å². The number of aromatic nitrogens is 2. The van der Waals surface area contributed by atoms with E-state index in [-0.39, 0.29) is 11.1 Å². The Bertz CT molecular complexity index is 1030. The maximum Gasteiger partial charge on any atom is 0.256 e. The van der Waals surface area contributed by atoms with E-state index in [0.717, 1.165) is 11.1 Å². The molecule has 0 saturated carbocycles. The summed E-state index contributed by atoms with van der Waals surface area (Å²) in [7, 11) is 3.14. The van der Waals surface area contributed by atoms with Gasteiger partial charge in [-0.3, -0.25) is 4.79 Å². The number of rotatable bonds is 7. The third-order valence-corrected chi connectivity index (χ3v) is 5.22. The highest BCUT2D eigenvalue weighted by Crippen LogP contribution is 2.28. The van der Waals surface area contributed by atoms with Crippen LogP contribution < -0.4 is 14.8 Å². The minimum atomic E-state index is -0.298. The SMILES string of the molecule is COc1ccc(CNC(=O)c2c(C)nn(Cc3ccccc3Cl)c2Cl)cc1OC. The molecular formula is C21H21Cl2N3O3. The van der Waals surface area contributed by atoms with E-state index in [1.165, 1.54) is 0 Å². The largest absolute Gasteiger partial charge is 0.493 e. The molecule has 8 heteroatoms. The lowest BCUT2D eigenvalue weighted by atomic mass is 10.2. The monoisotopic (exact) mass is 433 g/mol. The number of hydrogen-bond acceptors (Lipinski definition) is 4. The molecule has 0 spiro atoms. The summed E-state index contributed by atoms with van der Waals surface area (Å²) in [6.07, 6.45) is 0. The van der Waals surface area contributed by atoms with Crippen LogP contribution in [0, 0.1) is 6.92 Å². The molecule has 2 aromatic carbocycles. The van der Waals surface area contributed by atoms with Crippen molar-refractivity contribution in [3.63, 3.8) is 0 Å². The average molecular weight is 434 g/mol. The fourth-order valence-electron chi connectivity index (χ4n) is 2.97. The van der Waals surface area contributed by atoms with Gasteiger partial charge in [-0.15, -0.1) is 0 Å². The van der Waals surface area contributed by atoms with E-state index in [0.29, 0.717) is 40.9 Å². The Kier molecular flexibility index (Phi) is 6.67. The summed E-state index contributed by atoms with van der Waals surface area (Å²) in [5, 5.41) is 8.17. The van der Waals surface area contributed by atoms with Crippen LogP contribution in [0.1, 0.15) is 27.2 Å². The molecule has 0 atom stereocenters. The van der Waals surface area contributed by atoms with Crippen molar-refractivity contribution in [2.75, 3.05) is 14.2 Å². The summed E-state index contributed by atoms with van der Waals surface area (Å²) < 4.78 is 12.1. The second-order valence-electron chi connectivity index (χ2n) is 6.37. The van der Waals surface area contributed by atoms with Crippen molar-refractivity contribution in [1.29, 1.82) is 0 Å². The Morgan fingerprint density at radius 2 is 1.83 bits per heavy atom. The topological polar surface area (TPSA) is 65.4 Å². The average Bonchev–Trinajstić information content (AvgIpc) is 3.00. The van der Waals surface area contributed by atoms with Gasteiger partial charge >= 0.3 is 0 Å². The Labute approximate surface area is 179 Å². The smallest absolute Gasteiger partial charge is 0.256 e. The van der Waals surface area contributed by atoms with Crippen LogP contribution >= 0.6 is 23.2 Å². The van der Waals surface area contributed by atoms with Crippen molar-refractivity contribution in [3.05, 3.63) is 75.0 Å². The van der Waals surface area contributed by atoms with Crippen molar-refractivity contribution in [3.8, 4) is 11.5 Å². The fourth-order valence-corrected chi connectivity index (χ4v) is 3.48. The molecule has 1 N–H and O–H groups in total. The lowest BCUT2D eigenvalue weighted by Crippen LogP contribution is -2.23. The third-order valence-electron chi connectivity index (χ3n) is 4.47. The highest BCUT2D eigenvalue weighted by Gasteiger charge is 2.20. The number of carbonyl (C=O) groups is 1. The second-order valence-corrected chi connectivity index (χ2v) is 7.14. The molecule has 1 aromatic heterocycles. The summed E-state index contributed by atoms with van der Waals surface area (Å²) in [6, 6.07) is 12.9. The van der Waals surface area contributed by atoms with Crippen LogP contribution in [0.25, 0.3) is 0 Å².